The SMILES string of the molecule is CC(=O)CCC1C(=O)CC(C)CC1=O. The number of carbonyl (C=O) groups excluding carboxylic acids is 3. The first-order valence-corrected chi connectivity index (χ1v) is 5.05. The van der Waals surface area contributed by atoms with E-state index >= 15 is 0 Å². The Hall–Kier alpha value is -0.990. The van der Waals surface area contributed by atoms with E-state index in [1.165, 1.54) is 6.92 Å². The maximum atomic E-state index is 11.5. The van der Waals surface area contributed by atoms with Crippen molar-refractivity contribution >= 4 is 17.3 Å². The van der Waals surface area contributed by atoms with E-state index < -0.39 is 5.92 Å². The van der Waals surface area contributed by atoms with Crippen LogP contribution in [-0.2, 0) is 14.4 Å². The first-order valence-electron chi connectivity index (χ1n) is 5.05. The van der Waals surface area contributed by atoms with Crippen LogP contribution in [0.25, 0.3) is 0 Å². The van der Waals surface area contributed by atoms with E-state index in [1.54, 1.807) is 0 Å². The molecule has 0 aromatic rings. The second-order valence-electron chi connectivity index (χ2n) is 4.24. The third kappa shape index (κ3) is 2.76. The number of hydrogen-bond donors (Lipinski definition) is 0. The molecule has 1 aliphatic rings. The standard InChI is InChI=1S/C11H16O3/c1-7-5-10(13)9(11(14)6-7)4-3-8(2)12/h7,9H,3-6H2,1-2H3. The Morgan fingerprint density at radius 1 is 1.29 bits per heavy atom. The predicted octanol–water partition coefficient (Wildman–Crippen LogP) is 1.54. The Labute approximate surface area is 83.9 Å². The molecule has 0 aliphatic heterocycles. The summed E-state index contributed by atoms with van der Waals surface area (Å²) in [5.74, 6) is -0.215. The van der Waals surface area contributed by atoms with Crippen LogP contribution >= 0.6 is 0 Å². The van der Waals surface area contributed by atoms with Crippen molar-refractivity contribution < 1.29 is 14.4 Å². The molecule has 3 nitrogen and oxygen atoms in total. The number of ketones is 3. The molecule has 0 atom stereocenters. The fourth-order valence-corrected chi connectivity index (χ4v) is 1.89. The van der Waals surface area contributed by atoms with Gasteiger partial charge in [-0.05, 0) is 19.3 Å². The van der Waals surface area contributed by atoms with Gasteiger partial charge >= 0.3 is 0 Å². The van der Waals surface area contributed by atoms with E-state index in [1.807, 2.05) is 6.92 Å². The van der Waals surface area contributed by atoms with E-state index in [0.29, 0.717) is 25.7 Å². The summed E-state index contributed by atoms with van der Waals surface area (Å²) in [6.45, 7) is 3.40. The van der Waals surface area contributed by atoms with Gasteiger partial charge in [0.15, 0.2) is 0 Å². The molecule has 0 aromatic carbocycles. The third-order valence-corrected chi connectivity index (χ3v) is 2.66. The van der Waals surface area contributed by atoms with Gasteiger partial charge in [0.25, 0.3) is 0 Å². The van der Waals surface area contributed by atoms with Gasteiger partial charge in [0.2, 0.25) is 0 Å². The van der Waals surface area contributed by atoms with Gasteiger partial charge < -0.3 is 4.79 Å². The largest absolute Gasteiger partial charge is 0.300 e. The molecule has 0 bridgehead atoms. The lowest BCUT2D eigenvalue weighted by Gasteiger charge is -2.23. The van der Waals surface area contributed by atoms with Gasteiger partial charge in [0.1, 0.15) is 17.3 Å². The quantitative estimate of drug-likeness (QED) is 0.643. The molecule has 0 spiro atoms. The van der Waals surface area contributed by atoms with Crippen LogP contribution in [0.15, 0.2) is 0 Å². The summed E-state index contributed by atoms with van der Waals surface area (Å²) in [6, 6.07) is 0. The first kappa shape index (κ1) is 11.1. The number of Topliss-reactive ketones (excluding diaryl/α,β-unsaturated/α-hetero) is 3. The maximum absolute atomic E-state index is 11.5. The van der Waals surface area contributed by atoms with Gasteiger partial charge in [-0.3, -0.25) is 9.59 Å². The van der Waals surface area contributed by atoms with E-state index in [4.69, 9.17) is 0 Å². The monoisotopic (exact) mass is 196 g/mol. The molecule has 0 N–H and O–H groups in total. The summed E-state index contributed by atoms with van der Waals surface area (Å²) in [4.78, 5) is 33.7. The minimum absolute atomic E-state index is 0.0231. The van der Waals surface area contributed by atoms with Crippen LogP contribution in [0.5, 0.6) is 0 Å². The van der Waals surface area contributed by atoms with Crippen molar-refractivity contribution in [2.24, 2.45) is 11.8 Å². The van der Waals surface area contributed by atoms with Crippen molar-refractivity contribution in [2.45, 2.75) is 39.5 Å². The minimum Gasteiger partial charge on any atom is -0.300 e. The normalized spacial score (nSPS) is 27.9. The van der Waals surface area contributed by atoms with Crippen molar-refractivity contribution in [3.63, 3.8) is 0 Å². The van der Waals surface area contributed by atoms with Crippen LogP contribution in [-0.4, -0.2) is 17.3 Å². The fraction of sp³-hybridized carbons (Fsp3) is 0.727. The molecule has 0 radical (unpaired) electrons. The highest BCUT2D eigenvalue weighted by molar-refractivity contribution is 6.04. The van der Waals surface area contributed by atoms with Crippen molar-refractivity contribution in [2.75, 3.05) is 0 Å². The van der Waals surface area contributed by atoms with Crippen LogP contribution < -0.4 is 0 Å². The van der Waals surface area contributed by atoms with Crippen LogP contribution in [0.1, 0.15) is 39.5 Å². The zero-order valence-electron chi connectivity index (χ0n) is 8.71. The maximum Gasteiger partial charge on any atom is 0.143 e. The summed E-state index contributed by atoms with van der Waals surface area (Å²) in [5.41, 5.74) is 0. The molecule has 0 aromatic heterocycles. The second-order valence-corrected chi connectivity index (χ2v) is 4.24. The smallest absolute Gasteiger partial charge is 0.143 e. The van der Waals surface area contributed by atoms with Crippen LogP contribution in [0.2, 0.25) is 0 Å². The molecule has 3 heteroatoms. The highest BCUT2D eigenvalue weighted by Crippen LogP contribution is 2.25. The molecule has 1 fully saturated rings. The lowest BCUT2D eigenvalue weighted by atomic mass is 9.78. The summed E-state index contributed by atoms with van der Waals surface area (Å²) < 4.78 is 0. The molecule has 78 valence electrons. The Balaban J connectivity index is 2.54. The predicted molar refractivity (Wildman–Crippen MR) is 51.8 cm³/mol. The summed E-state index contributed by atoms with van der Waals surface area (Å²) in [6.07, 6.45) is 1.75. The fourth-order valence-electron chi connectivity index (χ4n) is 1.89. The van der Waals surface area contributed by atoms with E-state index in [9.17, 15) is 14.4 Å². The minimum atomic E-state index is -0.491. The Kier molecular flexibility index (Phi) is 3.55. The van der Waals surface area contributed by atoms with Crippen LogP contribution in [0, 0.1) is 11.8 Å². The molecule has 1 aliphatic carbocycles. The molecule has 0 heterocycles. The van der Waals surface area contributed by atoms with Crippen molar-refractivity contribution in [3.8, 4) is 0 Å². The van der Waals surface area contributed by atoms with Crippen LogP contribution in [0.3, 0.4) is 0 Å². The Morgan fingerprint density at radius 3 is 2.21 bits per heavy atom. The van der Waals surface area contributed by atoms with Crippen molar-refractivity contribution in [3.05, 3.63) is 0 Å². The molecule has 14 heavy (non-hydrogen) atoms. The number of rotatable bonds is 3. The lowest BCUT2D eigenvalue weighted by molar-refractivity contribution is -0.137. The number of carbonyl (C=O) groups is 3. The topological polar surface area (TPSA) is 51.2 Å². The summed E-state index contributed by atoms with van der Waals surface area (Å²) in [5, 5.41) is 0. The molecule has 0 saturated heterocycles. The second kappa shape index (κ2) is 4.49. The average molecular weight is 196 g/mol. The van der Waals surface area contributed by atoms with E-state index in [0.717, 1.165) is 0 Å². The van der Waals surface area contributed by atoms with Gasteiger partial charge in [-0.2, -0.15) is 0 Å². The lowest BCUT2D eigenvalue weighted by Crippen LogP contribution is -2.32. The van der Waals surface area contributed by atoms with Crippen molar-refractivity contribution in [1.82, 2.24) is 0 Å². The molecule has 1 saturated carbocycles. The Bertz CT molecular complexity index is 250. The highest BCUT2D eigenvalue weighted by atomic mass is 16.2. The molecule has 1 rings (SSSR count). The highest BCUT2D eigenvalue weighted by Gasteiger charge is 2.33. The van der Waals surface area contributed by atoms with E-state index in [2.05, 4.69) is 0 Å². The molecular weight excluding hydrogens is 180 g/mol. The number of hydrogen-bond acceptors (Lipinski definition) is 3. The van der Waals surface area contributed by atoms with Gasteiger partial charge in [-0.25, -0.2) is 0 Å². The van der Waals surface area contributed by atoms with Gasteiger partial charge in [-0.1, -0.05) is 6.92 Å². The molecular formula is C11H16O3. The average Bonchev–Trinajstić information content (AvgIpc) is 2.01. The molecule has 0 unspecified atom stereocenters. The first-order chi connectivity index (χ1) is 6.50. The Morgan fingerprint density at radius 2 is 1.79 bits per heavy atom. The molecule has 0 amide bonds. The summed E-state index contributed by atoms with van der Waals surface area (Å²) >= 11 is 0. The van der Waals surface area contributed by atoms with Crippen LogP contribution in [0.4, 0.5) is 0 Å². The third-order valence-electron chi connectivity index (χ3n) is 2.66. The zero-order chi connectivity index (χ0) is 10.7. The van der Waals surface area contributed by atoms with Gasteiger partial charge in [0, 0.05) is 19.3 Å². The zero-order valence-corrected chi connectivity index (χ0v) is 8.71. The van der Waals surface area contributed by atoms with E-state index in [-0.39, 0.29) is 23.3 Å². The van der Waals surface area contributed by atoms with Gasteiger partial charge in [0.05, 0.1) is 5.92 Å². The van der Waals surface area contributed by atoms with Gasteiger partial charge in [-0.15, -0.1) is 0 Å². The van der Waals surface area contributed by atoms with Crippen molar-refractivity contribution in [1.29, 1.82) is 0 Å². The summed E-state index contributed by atoms with van der Waals surface area (Å²) in [7, 11) is 0.